The molecule has 11 nitrogen and oxygen atoms in total. The summed E-state index contributed by atoms with van der Waals surface area (Å²) in [5.74, 6) is 1.28. The second kappa shape index (κ2) is 7.60. The molecule has 0 unspecified atom stereocenters. The summed E-state index contributed by atoms with van der Waals surface area (Å²) in [6, 6.07) is 11.8. The van der Waals surface area contributed by atoms with Gasteiger partial charge in [-0.15, -0.1) is 10.2 Å². The fraction of sp³-hybridized carbons (Fsp3) is 0.100. The fourth-order valence-electron chi connectivity index (χ4n) is 3.21. The molecule has 0 radical (unpaired) electrons. The van der Waals surface area contributed by atoms with E-state index in [9.17, 15) is 5.26 Å². The molecule has 152 valence electrons. The molecule has 0 saturated heterocycles. The van der Waals surface area contributed by atoms with E-state index in [1.54, 1.807) is 28.0 Å². The highest BCUT2D eigenvalue weighted by Gasteiger charge is 2.12. The number of aromatic nitrogens is 8. The molecule has 0 bridgehead atoms. The van der Waals surface area contributed by atoms with Crippen LogP contribution in [0.3, 0.4) is 0 Å². The number of fused-ring (bicyclic) bond motifs is 1. The minimum Gasteiger partial charge on any atom is -0.366 e. The van der Waals surface area contributed by atoms with Crippen molar-refractivity contribution in [1.82, 2.24) is 39.1 Å². The maximum absolute atomic E-state index is 9.44. The van der Waals surface area contributed by atoms with Crippen LogP contribution in [0.5, 0.6) is 0 Å². The molecule has 5 rings (SSSR count). The van der Waals surface area contributed by atoms with E-state index in [1.807, 2.05) is 48.1 Å². The van der Waals surface area contributed by atoms with Gasteiger partial charge in [0.2, 0.25) is 0 Å². The second-order valence-corrected chi connectivity index (χ2v) is 6.85. The molecule has 5 aromatic rings. The number of nitrogens with zero attached hydrogens (tertiary/aromatic N) is 9. The standard InChI is InChI=1S/C20H17N11/c1-29-11-14(9-25-29)8-22-19-6-18(28-20-15(7-21)10-26-31(19)20)27-16-3-2-4-17(5-16)30-12-23-24-13-30/h2-6,9-13,22H,8H2,1H3,(H,27,28). The lowest BCUT2D eigenvalue weighted by molar-refractivity contribution is 0.767. The molecule has 0 aliphatic carbocycles. The molecule has 11 heteroatoms. The molecule has 0 spiro atoms. The Kier molecular flexibility index (Phi) is 4.49. The van der Waals surface area contributed by atoms with Crippen LogP contribution in [0.4, 0.5) is 17.3 Å². The van der Waals surface area contributed by atoms with Crippen LogP contribution in [0, 0.1) is 11.3 Å². The number of anilines is 3. The molecular weight excluding hydrogens is 394 g/mol. The normalized spacial score (nSPS) is 10.8. The van der Waals surface area contributed by atoms with E-state index in [-0.39, 0.29) is 0 Å². The molecule has 4 aromatic heterocycles. The molecular formula is C20H17N11. The predicted molar refractivity (Wildman–Crippen MR) is 113 cm³/mol. The summed E-state index contributed by atoms with van der Waals surface area (Å²) >= 11 is 0. The third-order valence-corrected chi connectivity index (χ3v) is 4.66. The SMILES string of the molecule is Cn1cc(CNc2cc(Nc3cccc(-n4cnnc4)c3)nc3c(C#N)cnn23)cn1. The quantitative estimate of drug-likeness (QED) is 0.436. The van der Waals surface area contributed by atoms with Gasteiger partial charge in [0.25, 0.3) is 0 Å². The Labute approximate surface area is 176 Å². The molecule has 0 aliphatic rings. The van der Waals surface area contributed by atoms with Crippen molar-refractivity contribution in [3.05, 3.63) is 72.7 Å². The topological polar surface area (TPSA) is 127 Å². The smallest absolute Gasteiger partial charge is 0.177 e. The van der Waals surface area contributed by atoms with E-state index in [0.717, 1.165) is 16.9 Å². The van der Waals surface area contributed by atoms with E-state index in [0.29, 0.717) is 29.4 Å². The summed E-state index contributed by atoms with van der Waals surface area (Å²) in [6.07, 6.45) is 8.51. The van der Waals surface area contributed by atoms with Gasteiger partial charge in [0.15, 0.2) is 5.65 Å². The maximum atomic E-state index is 9.44. The van der Waals surface area contributed by atoms with Crippen LogP contribution < -0.4 is 10.6 Å². The Bertz CT molecular complexity index is 1390. The predicted octanol–water partition coefficient (Wildman–Crippen LogP) is 2.27. The lowest BCUT2D eigenvalue weighted by Gasteiger charge is -2.12. The van der Waals surface area contributed by atoms with E-state index in [4.69, 9.17) is 0 Å². The van der Waals surface area contributed by atoms with E-state index in [2.05, 4.69) is 42.1 Å². The second-order valence-electron chi connectivity index (χ2n) is 6.85. The van der Waals surface area contributed by atoms with Crippen molar-refractivity contribution in [2.75, 3.05) is 10.6 Å². The maximum Gasteiger partial charge on any atom is 0.177 e. The Morgan fingerprint density at radius 1 is 1.10 bits per heavy atom. The lowest BCUT2D eigenvalue weighted by atomic mass is 10.2. The Morgan fingerprint density at radius 3 is 2.74 bits per heavy atom. The number of benzene rings is 1. The van der Waals surface area contributed by atoms with Gasteiger partial charge in [-0.3, -0.25) is 9.25 Å². The van der Waals surface area contributed by atoms with E-state index < -0.39 is 0 Å². The van der Waals surface area contributed by atoms with Crippen LogP contribution in [-0.4, -0.2) is 39.1 Å². The van der Waals surface area contributed by atoms with Gasteiger partial charge in [-0.05, 0) is 18.2 Å². The van der Waals surface area contributed by atoms with Gasteiger partial charge in [0.1, 0.15) is 35.9 Å². The van der Waals surface area contributed by atoms with Gasteiger partial charge in [-0.2, -0.15) is 20.0 Å². The zero-order valence-electron chi connectivity index (χ0n) is 16.5. The number of nitriles is 1. The lowest BCUT2D eigenvalue weighted by Crippen LogP contribution is -2.07. The molecule has 0 fully saturated rings. The number of nitrogens with one attached hydrogen (secondary N) is 2. The number of aryl methyl sites for hydroxylation is 1. The molecule has 4 heterocycles. The zero-order chi connectivity index (χ0) is 21.2. The summed E-state index contributed by atoms with van der Waals surface area (Å²) in [5, 5.41) is 32.3. The van der Waals surface area contributed by atoms with Crippen LogP contribution in [0.15, 0.2) is 61.6 Å². The summed E-state index contributed by atoms with van der Waals surface area (Å²) in [5.41, 5.74) is 3.63. The Balaban J connectivity index is 1.48. The molecule has 0 atom stereocenters. The highest BCUT2D eigenvalue weighted by molar-refractivity contribution is 5.67. The highest BCUT2D eigenvalue weighted by Crippen LogP contribution is 2.23. The van der Waals surface area contributed by atoms with Crippen molar-refractivity contribution >= 4 is 23.0 Å². The molecule has 1 aromatic carbocycles. The Hall–Kier alpha value is -4.72. The molecule has 0 amide bonds. The highest BCUT2D eigenvalue weighted by atomic mass is 15.3. The van der Waals surface area contributed by atoms with E-state index >= 15 is 0 Å². The van der Waals surface area contributed by atoms with Gasteiger partial charge < -0.3 is 10.6 Å². The first-order valence-electron chi connectivity index (χ1n) is 9.42. The molecule has 0 saturated carbocycles. The first kappa shape index (κ1) is 18.3. The summed E-state index contributed by atoms with van der Waals surface area (Å²) in [7, 11) is 1.87. The van der Waals surface area contributed by atoms with Crippen molar-refractivity contribution in [2.45, 2.75) is 6.54 Å². The summed E-state index contributed by atoms with van der Waals surface area (Å²) < 4.78 is 5.18. The largest absolute Gasteiger partial charge is 0.366 e. The first-order valence-corrected chi connectivity index (χ1v) is 9.42. The van der Waals surface area contributed by atoms with Crippen LogP contribution in [0.25, 0.3) is 11.3 Å². The third kappa shape index (κ3) is 3.65. The van der Waals surface area contributed by atoms with Gasteiger partial charge in [0.05, 0.1) is 18.1 Å². The molecule has 31 heavy (non-hydrogen) atoms. The van der Waals surface area contributed by atoms with Crippen LogP contribution in [0.1, 0.15) is 11.1 Å². The van der Waals surface area contributed by atoms with Crippen LogP contribution in [-0.2, 0) is 13.6 Å². The monoisotopic (exact) mass is 411 g/mol. The van der Waals surface area contributed by atoms with Gasteiger partial charge in [0, 0.05) is 37.1 Å². The number of hydrogen-bond donors (Lipinski definition) is 2. The fourth-order valence-corrected chi connectivity index (χ4v) is 3.21. The minimum absolute atomic E-state index is 0.395. The molecule has 0 aliphatic heterocycles. The van der Waals surface area contributed by atoms with Gasteiger partial charge in [-0.25, -0.2) is 4.98 Å². The Morgan fingerprint density at radius 2 is 1.97 bits per heavy atom. The summed E-state index contributed by atoms with van der Waals surface area (Å²) in [4.78, 5) is 4.59. The van der Waals surface area contributed by atoms with Crippen molar-refractivity contribution in [3.8, 4) is 11.8 Å². The van der Waals surface area contributed by atoms with Crippen LogP contribution in [0.2, 0.25) is 0 Å². The number of rotatable bonds is 6. The van der Waals surface area contributed by atoms with Crippen molar-refractivity contribution in [1.29, 1.82) is 5.26 Å². The van der Waals surface area contributed by atoms with Crippen molar-refractivity contribution in [3.63, 3.8) is 0 Å². The minimum atomic E-state index is 0.395. The number of hydrogen-bond acceptors (Lipinski definition) is 8. The van der Waals surface area contributed by atoms with E-state index in [1.165, 1.54) is 6.20 Å². The molecule has 2 N–H and O–H groups in total. The van der Waals surface area contributed by atoms with Crippen molar-refractivity contribution in [2.24, 2.45) is 7.05 Å². The average Bonchev–Trinajstić information content (AvgIpc) is 3.53. The first-order chi connectivity index (χ1) is 15.2. The van der Waals surface area contributed by atoms with Gasteiger partial charge >= 0.3 is 0 Å². The third-order valence-electron chi connectivity index (χ3n) is 4.66. The zero-order valence-corrected chi connectivity index (χ0v) is 16.5. The summed E-state index contributed by atoms with van der Waals surface area (Å²) in [6.45, 7) is 0.553. The van der Waals surface area contributed by atoms with Crippen molar-refractivity contribution < 1.29 is 0 Å². The van der Waals surface area contributed by atoms with Crippen LogP contribution >= 0.6 is 0 Å². The average molecular weight is 411 g/mol. The van der Waals surface area contributed by atoms with Gasteiger partial charge in [-0.1, -0.05) is 6.07 Å².